The van der Waals surface area contributed by atoms with Crippen LogP contribution in [0.2, 0.25) is 0 Å². The maximum Gasteiger partial charge on any atom is 0.193 e. The summed E-state index contributed by atoms with van der Waals surface area (Å²) in [5, 5.41) is 7.69. The molecule has 0 bridgehead atoms. The Morgan fingerprint density at radius 2 is 2.14 bits per heavy atom. The number of rotatable bonds is 5. The van der Waals surface area contributed by atoms with Crippen molar-refractivity contribution in [2.24, 2.45) is 16.8 Å². The van der Waals surface area contributed by atoms with Crippen molar-refractivity contribution in [1.82, 2.24) is 20.0 Å². The Hall–Kier alpha value is -0.790. The fraction of sp³-hybridized carbons (Fsp3) is 0.750. The van der Waals surface area contributed by atoms with Crippen molar-refractivity contribution in [3.05, 3.63) is 18.5 Å². The fourth-order valence-electron chi connectivity index (χ4n) is 2.67. The standard InChI is InChI=1S/C16H29N5.HI/c1-4-17-16(20-10-6-14(2)7-11-20)18-12-15(3)13-21-9-5-8-19-21;/h5,8-9,14-15H,4,6-7,10-13H2,1-3H3,(H,17,18);1H. The third-order valence-corrected chi connectivity index (χ3v) is 4.03. The van der Waals surface area contributed by atoms with Crippen LogP contribution in [0.1, 0.15) is 33.6 Å². The van der Waals surface area contributed by atoms with Crippen molar-refractivity contribution in [3.8, 4) is 0 Å². The number of halogens is 1. The molecule has 0 saturated carbocycles. The SMILES string of the molecule is CCNC(=NCC(C)Cn1cccn1)N1CCC(C)CC1.I. The average molecular weight is 419 g/mol. The Balaban J connectivity index is 0.00000242. The lowest BCUT2D eigenvalue weighted by atomic mass is 9.99. The first-order chi connectivity index (χ1) is 10.2. The van der Waals surface area contributed by atoms with Crippen LogP contribution in [0, 0.1) is 11.8 Å². The normalized spacial score (nSPS) is 18.0. The van der Waals surface area contributed by atoms with Crippen molar-refractivity contribution < 1.29 is 0 Å². The van der Waals surface area contributed by atoms with Crippen molar-refractivity contribution >= 4 is 29.9 Å². The lowest BCUT2D eigenvalue weighted by Gasteiger charge is -2.33. The van der Waals surface area contributed by atoms with E-state index in [4.69, 9.17) is 4.99 Å². The number of nitrogens with one attached hydrogen (secondary N) is 1. The summed E-state index contributed by atoms with van der Waals surface area (Å²) in [6.45, 7) is 11.6. The minimum absolute atomic E-state index is 0. The quantitative estimate of drug-likeness (QED) is 0.454. The maximum absolute atomic E-state index is 4.83. The average Bonchev–Trinajstić information content (AvgIpc) is 2.97. The largest absolute Gasteiger partial charge is 0.357 e. The number of guanidine groups is 1. The summed E-state index contributed by atoms with van der Waals surface area (Å²) in [6, 6.07) is 1.97. The molecule has 0 spiro atoms. The van der Waals surface area contributed by atoms with Gasteiger partial charge in [-0.3, -0.25) is 9.67 Å². The number of likely N-dealkylation sites (tertiary alicyclic amines) is 1. The Morgan fingerprint density at radius 1 is 1.41 bits per heavy atom. The first-order valence-corrected chi connectivity index (χ1v) is 8.19. The number of nitrogens with zero attached hydrogens (tertiary/aromatic N) is 4. The molecule has 1 saturated heterocycles. The van der Waals surface area contributed by atoms with E-state index in [9.17, 15) is 0 Å². The van der Waals surface area contributed by atoms with E-state index in [0.29, 0.717) is 5.92 Å². The highest BCUT2D eigenvalue weighted by atomic mass is 127. The zero-order valence-electron chi connectivity index (χ0n) is 14.0. The molecule has 2 heterocycles. The van der Waals surface area contributed by atoms with Gasteiger partial charge in [0.2, 0.25) is 0 Å². The van der Waals surface area contributed by atoms with Crippen LogP contribution in [0.3, 0.4) is 0 Å². The molecule has 1 aromatic rings. The third kappa shape index (κ3) is 6.14. The van der Waals surface area contributed by atoms with Crippen molar-refractivity contribution in [2.45, 2.75) is 40.2 Å². The van der Waals surface area contributed by atoms with Crippen LogP contribution in [0.25, 0.3) is 0 Å². The highest BCUT2D eigenvalue weighted by Gasteiger charge is 2.18. The van der Waals surface area contributed by atoms with Crippen LogP contribution in [0.5, 0.6) is 0 Å². The van der Waals surface area contributed by atoms with Crippen LogP contribution in [0.4, 0.5) is 0 Å². The van der Waals surface area contributed by atoms with Crippen LogP contribution in [0.15, 0.2) is 23.5 Å². The third-order valence-electron chi connectivity index (χ3n) is 4.03. The summed E-state index contributed by atoms with van der Waals surface area (Å²) in [5.74, 6) is 2.42. The van der Waals surface area contributed by atoms with E-state index in [0.717, 1.165) is 44.6 Å². The molecule has 1 aliphatic heterocycles. The molecule has 1 unspecified atom stereocenters. The van der Waals surface area contributed by atoms with Gasteiger partial charge in [-0.1, -0.05) is 13.8 Å². The number of hydrogen-bond donors (Lipinski definition) is 1. The zero-order valence-corrected chi connectivity index (χ0v) is 16.4. The molecular formula is C16H30IN5. The smallest absolute Gasteiger partial charge is 0.193 e. The Labute approximate surface area is 151 Å². The van der Waals surface area contributed by atoms with Gasteiger partial charge in [0.05, 0.1) is 0 Å². The minimum Gasteiger partial charge on any atom is -0.357 e. The molecule has 1 aliphatic rings. The van der Waals surface area contributed by atoms with Crippen molar-refractivity contribution in [3.63, 3.8) is 0 Å². The number of hydrogen-bond acceptors (Lipinski definition) is 2. The van der Waals surface area contributed by atoms with Crippen LogP contribution < -0.4 is 5.32 Å². The van der Waals surface area contributed by atoms with Gasteiger partial charge in [-0.25, -0.2) is 0 Å². The summed E-state index contributed by atoms with van der Waals surface area (Å²) in [4.78, 5) is 7.24. The molecule has 1 aromatic heterocycles. The fourth-order valence-corrected chi connectivity index (χ4v) is 2.67. The molecule has 5 nitrogen and oxygen atoms in total. The summed E-state index contributed by atoms with van der Waals surface area (Å²) in [5.41, 5.74) is 0. The second-order valence-corrected chi connectivity index (χ2v) is 6.20. The molecule has 1 atom stereocenters. The minimum atomic E-state index is 0. The Kier molecular flexibility index (Phi) is 8.82. The molecule has 0 amide bonds. The molecule has 2 rings (SSSR count). The van der Waals surface area contributed by atoms with E-state index in [1.165, 1.54) is 12.8 Å². The van der Waals surface area contributed by atoms with E-state index in [2.05, 4.69) is 36.1 Å². The van der Waals surface area contributed by atoms with E-state index in [1.54, 1.807) is 0 Å². The Morgan fingerprint density at radius 3 is 2.73 bits per heavy atom. The molecule has 1 fully saturated rings. The lowest BCUT2D eigenvalue weighted by molar-refractivity contribution is 0.273. The predicted octanol–water partition coefficient (Wildman–Crippen LogP) is 2.83. The second kappa shape index (κ2) is 10.1. The number of piperidine rings is 1. The maximum atomic E-state index is 4.83. The van der Waals surface area contributed by atoms with Gasteiger partial charge in [-0.15, -0.1) is 24.0 Å². The molecule has 0 radical (unpaired) electrons. The van der Waals surface area contributed by atoms with Gasteiger partial charge >= 0.3 is 0 Å². The molecule has 6 heteroatoms. The van der Waals surface area contributed by atoms with Gasteiger partial charge in [0.1, 0.15) is 0 Å². The van der Waals surface area contributed by atoms with E-state index in [1.807, 2.05) is 23.1 Å². The van der Waals surface area contributed by atoms with Gasteiger partial charge in [-0.05, 0) is 37.7 Å². The molecule has 126 valence electrons. The zero-order chi connectivity index (χ0) is 15.1. The van der Waals surface area contributed by atoms with Gasteiger partial charge in [0, 0.05) is 45.1 Å². The highest BCUT2D eigenvalue weighted by Crippen LogP contribution is 2.16. The van der Waals surface area contributed by atoms with Gasteiger partial charge in [-0.2, -0.15) is 5.10 Å². The van der Waals surface area contributed by atoms with E-state index < -0.39 is 0 Å². The van der Waals surface area contributed by atoms with Gasteiger partial charge in [0.25, 0.3) is 0 Å². The van der Waals surface area contributed by atoms with Crippen LogP contribution >= 0.6 is 24.0 Å². The summed E-state index contributed by atoms with van der Waals surface area (Å²) >= 11 is 0. The summed E-state index contributed by atoms with van der Waals surface area (Å²) in [7, 11) is 0. The summed E-state index contributed by atoms with van der Waals surface area (Å²) < 4.78 is 1.98. The molecular weight excluding hydrogens is 389 g/mol. The van der Waals surface area contributed by atoms with Crippen molar-refractivity contribution in [1.29, 1.82) is 0 Å². The topological polar surface area (TPSA) is 45.5 Å². The lowest BCUT2D eigenvalue weighted by Crippen LogP contribution is -2.45. The molecule has 0 aromatic carbocycles. The second-order valence-electron chi connectivity index (χ2n) is 6.20. The first-order valence-electron chi connectivity index (χ1n) is 8.19. The van der Waals surface area contributed by atoms with Gasteiger partial charge in [0.15, 0.2) is 5.96 Å². The molecule has 0 aliphatic carbocycles. The van der Waals surface area contributed by atoms with Crippen LogP contribution in [-0.4, -0.2) is 46.8 Å². The van der Waals surface area contributed by atoms with Crippen LogP contribution in [-0.2, 0) is 6.54 Å². The summed E-state index contributed by atoms with van der Waals surface area (Å²) in [6.07, 6.45) is 6.38. The number of aromatic nitrogens is 2. The Bertz CT molecular complexity index is 424. The van der Waals surface area contributed by atoms with E-state index >= 15 is 0 Å². The first kappa shape index (κ1) is 19.3. The van der Waals surface area contributed by atoms with E-state index in [-0.39, 0.29) is 24.0 Å². The van der Waals surface area contributed by atoms with Gasteiger partial charge < -0.3 is 10.2 Å². The number of aliphatic imine (C=N–C) groups is 1. The monoisotopic (exact) mass is 419 g/mol. The molecule has 22 heavy (non-hydrogen) atoms. The highest BCUT2D eigenvalue weighted by molar-refractivity contribution is 14.0. The predicted molar refractivity (Wildman–Crippen MR) is 103 cm³/mol. The molecule has 1 N–H and O–H groups in total. The van der Waals surface area contributed by atoms with Crippen molar-refractivity contribution in [2.75, 3.05) is 26.2 Å².